The number of aromatic nitrogens is 1. The summed E-state index contributed by atoms with van der Waals surface area (Å²) in [7, 11) is 0. The zero-order chi connectivity index (χ0) is 13.5. The fraction of sp³-hybridized carbons (Fsp3) is 0.400. The Morgan fingerprint density at radius 1 is 1.32 bits per heavy atom. The number of nitrogens with zero attached hydrogens (tertiary/aromatic N) is 1. The van der Waals surface area contributed by atoms with Gasteiger partial charge in [-0.05, 0) is 31.0 Å². The molecule has 1 atom stereocenters. The lowest BCUT2D eigenvalue weighted by Gasteiger charge is -2.14. The van der Waals surface area contributed by atoms with Crippen LogP contribution in [0, 0.1) is 0 Å². The number of rotatable bonds is 7. The van der Waals surface area contributed by atoms with Gasteiger partial charge in [0.15, 0.2) is 0 Å². The third kappa shape index (κ3) is 4.33. The van der Waals surface area contributed by atoms with E-state index in [0.29, 0.717) is 6.04 Å². The SMILES string of the molecule is CCCOc1ccc(C(C)NCc2cncs2)cc1. The third-order valence-electron chi connectivity index (χ3n) is 2.92. The molecule has 0 amide bonds. The lowest BCUT2D eigenvalue weighted by atomic mass is 10.1. The molecule has 0 aliphatic heterocycles. The average Bonchev–Trinajstić information content (AvgIpc) is 2.96. The zero-order valence-corrected chi connectivity index (χ0v) is 12.2. The maximum atomic E-state index is 5.58. The Hall–Kier alpha value is -1.39. The van der Waals surface area contributed by atoms with E-state index in [1.807, 2.05) is 23.8 Å². The molecule has 102 valence electrons. The van der Waals surface area contributed by atoms with E-state index in [-0.39, 0.29) is 0 Å². The summed E-state index contributed by atoms with van der Waals surface area (Å²) in [6.45, 7) is 5.92. The van der Waals surface area contributed by atoms with Crippen LogP contribution in [0.4, 0.5) is 0 Å². The molecule has 0 aliphatic carbocycles. The quantitative estimate of drug-likeness (QED) is 0.835. The molecule has 19 heavy (non-hydrogen) atoms. The Kier molecular flexibility index (Phi) is 5.36. The first-order chi connectivity index (χ1) is 9.29. The molecule has 1 aromatic carbocycles. The van der Waals surface area contributed by atoms with E-state index in [1.165, 1.54) is 10.4 Å². The van der Waals surface area contributed by atoms with Crippen LogP contribution in [0.5, 0.6) is 5.75 Å². The summed E-state index contributed by atoms with van der Waals surface area (Å²) in [6.07, 6.45) is 2.95. The van der Waals surface area contributed by atoms with E-state index in [0.717, 1.165) is 25.3 Å². The van der Waals surface area contributed by atoms with Crippen molar-refractivity contribution >= 4 is 11.3 Å². The number of benzene rings is 1. The predicted molar refractivity (Wildman–Crippen MR) is 79.6 cm³/mol. The van der Waals surface area contributed by atoms with Crippen LogP contribution in [0.25, 0.3) is 0 Å². The molecule has 0 aliphatic rings. The monoisotopic (exact) mass is 276 g/mol. The fourth-order valence-electron chi connectivity index (χ4n) is 1.77. The maximum Gasteiger partial charge on any atom is 0.119 e. The highest BCUT2D eigenvalue weighted by molar-refractivity contribution is 7.09. The van der Waals surface area contributed by atoms with Crippen LogP contribution in [-0.4, -0.2) is 11.6 Å². The van der Waals surface area contributed by atoms with E-state index in [9.17, 15) is 0 Å². The zero-order valence-electron chi connectivity index (χ0n) is 11.4. The van der Waals surface area contributed by atoms with E-state index < -0.39 is 0 Å². The molecule has 0 saturated heterocycles. The summed E-state index contributed by atoms with van der Waals surface area (Å²) >= 11 is 1.68. The van der Waals surface area contributed by atoms with E-state index >= 15 is 0 Å². The Morgan fingerprint density at radius 2 is 2.11 bits per heavy atom. The second-order valence-corrected chi connectivity index (χ2v) is 5.46. The number of thiazole rings is 1. The van der Waals surface area contributed by atoms with Gasteiger partial charge in [-0.2, -0.15) is 0 Å². The first-order valence-electron chi connectivity index (χ1n) is 6.63. The average molecular weight is 276 g/mol. The van der Waals surface area contributed by atoms with Crippen LogP contribution in [-0.2, 0) is 6.54 Å². The summed E-state index contributed by atoms with van der Waals surface area (Å²) in [5.74, 6) is 0.945. The highest BCUT2D eigenvalue weighted by Crippen LogP contribution is 2.18. The van der Waals surface area contributed by atoms with Crippen LogP contribution in [0.2, 0.25) is 0 Å². The molecule has 4 heteroatoms. The van der Waals surface area contributed by atoms with Gasteiger partial charge in [-0.3, -0.25) is 4.98 Å². The van der Waals surface area contributed by atoms with Crippen molar-refractivity contribution in [2.45, 2.75) is 32.9 Å². The molecule has 1 aromatic heterocycles. The minimum absolute atomic E-state index is 0.322. The Bertz CT molecular complexity index is 467. The molecule has 0 fully saturated rings. The standard InChI is InChI=1S/C15H20N2OS/c1-3-8-18-14-6-4-13(5-7-14)12(2)17-10-15-9-16-11-19-15/h4-7,9,11-12,17H,3,8,10H2,1-2H3. The van der Waals surface area contributed by atoms with Gasteiger partial charge >= 0.3 is 0 Å². The minimum Gasteiger partial charge on any atom is -0.494 e. The molecule has 0 saturated carbocycles. The van der Waals surface area contributed by atoms with Crippen LogP contribution in [0.1, 0.15) is 36.8 Å². The Morgan fingerprint density at radius 3 is 2.74 bits per heavy atom. The summed E-state index contributed by atoms with van der Waals surface area (Å²) in [4.78, 5) is 5.33. The molecule has 1 heterocycles. The van der Waals surface area contributed by atoms with Gasteiger partial charge in [0.05, 0.1) is 12.1 Å². The van der Waals surface area contributed by atoms with Crippen molar-refractivity contribution in [1.29, 1.82) is 0 Å². The second-order valence-electron chi connectivity index (χ2n) is 4.49. The van der Waals surface area contributed by atoms with Gasteiger partial charge in [0.2, 0.25) is 0 Å². The van der Waals surface area contributed by atoms with Gasteiger partial charge in [0, 0.05) is 23.7 Å². The van der Waals surface area contributed by atoms with E-state index in [2.05, 4.69) is 36.3 Å². The van der Waals surface area contributed by atoms with Crippen molar-refractivity contribution < 1.29 is 4.74 Å². The normalized spacial score (nSPS) is 12.3. The van der Waals surface area contributed by atoms with Gasteiger partial charge in [0.1, 0.15) is 5.75 Å². The van der Waals surface area contributed by atoms with Gasteiger partial charge in [-0.15, -0.1) is 11.3 Å². The first-order valence-corrected chi connectivity index (χ1v) is 7.51. The topological polar surface area (TPSA) is 34.1 Å². The smallest absolute Gasteiger partial charge is 0.119 e. The molecule has 0 radical (unpaired) electrons. The number of hydrogen-bond acceptors (Lipinski definition) is 4. The first kappa shape index (κ1) is 14.0. The molecule has 1 N–H and O–H groups in total. The van der Waals surface area contributed by atoms with E-state index in [1.54, 1.807) is 11.3 Å². The Balaban J connectivity index is 1.86. The van der Waals surface area contributed by atoms with Crippen LogP contribution in [0.15, 0.2) is 36.0 Å². The molecular weight excluding hydrogens is 256 g/mol. The lowest BCUT2D eigenvalue weighted by molar-refractivity contribution is 0.317. The highest BCUT2D eigenvalue weighted by atomic mass is 32.1. The van der Waals surface area contributed by atoms with Gasteiger partial charge in [0.25, 0.3) is 0 Å². The number of nitrogens with one attached hydrogen (secondary N) is 1. The number of ether oxygens (including phenoxy) is 1. The molecule has 2 rings (SSSR count). The summed E-state index contributed by atoms with van der Waals surface area (Å²) in [6, 6.07) is 8.64. The number of hydrogen-bond donors (Lipinski definition) is 1. The summed E-state index contributed by atoms with van der Waals surface area (Å²) in [5, 5.41) is 3.49. The lowest BCUT2D eigenvalue weighted by Crippen LogP contribution is -2.17. The van der Waals surface area contributed by atoms with Crippen molar-refractivity contribution in [2.75, 3.05) is 6.61 Å². The van der Waals surface area contributed by atoms with Crippen LogP contribution < -0.4 is 10.1 Å². The third-order valence-corrected chi connectivity index (χ3v) is 3.70. The van der Waals surface area contributed by atoms with Crippen molar-refractivity contribution in [3.8, 4) is 5.75 Å². The molecule has 1 unspecified atom stereocenters. The molecule has 2 aromatic rings. The minimum atomic E-state index is 0.322. The summed E-state index contributed by atoms with van der Waals surface area (Å²) < 4.78 is 5.58. The largest absolute Gasteiger partial charge is 0.494 e. The van der Waals surface area contributed by atoms with Crippen molar-refractivity contribution in [1.82, 2.24) is 10.3 Å². The van der Waals surface area contributed by atoms with Gasteiger partial charge < -0.3 is 10.1 Å². The van der Waals surface area contributed by atoms with Crippen molar-refractivity contribution in [3.05, 3.63) is 46.4 Å². The summed E-state index contributed by atoms with van der Waals surface area (Å²) in [5.41, 5.74) is 3.13. The fourth-order valence-corrected chi connectivity index (χ4v) is 2.32. The highest BCUT2D eigenvalue weighted by Gasteiger charge is 2.05. The van der Waals surface area contributed by atoms with Crippen LogP contribution >= 0.6 is 11.3 Å². The molecule has 3 nitrogen and oxygen atoms in total. The van der Waals surface area contributed by atoms with Crippen molar-refractivity contribution in [3.63, 3.8) is 0 Å². The van der Waals surface area contributed by atoms with Gasteiger partial charge in [-0.1, -0.05) is 19.1 Å². The Labute approximate surface area is 118 Å². The second kappa shape index (κ2) is 7.26. The van der Waals surface area contributed by atoms with Crippen LogP contribution in [0.3, 0.4) is 0 Å². The maximum absolute atomic E-state index is 5.58. The van der Waals surface area contributed by atoms with Gasteiger partial charge in [-0.25, -0.2) is 0 Å². The molecule has 0 spiro atoms. The molecule has 0 bridgehead atoms. The van der Waals surface area contributed by atoms with E-state index in [4.69, 9.17) is 4.74 Å². The van der Waals surface area contributed by atoms with Crippen molar-refractivity contribution in [2.24, 2.45) is 0 Å². The molecular formula is C15H20N2OS. The predicted octanol–water partition coefficient (Wildman–Crippen LogP) is 3.78.